The van der Waals surface area contributed by atoms with Crippen LogP contribution in [0.3, 0.4) is 0 Å². The summed E-state index contributed by atoms with van der Waals surface area (Å²) in [5.74, 6) is 0. The Morgan fingerprint density at radius 2 is 0.826 bits per heavy atom. The molecular formula is C17H36O6. The van der Waals surface area contributed by atoms with E-state index in [4.69, 9.17) is 28.4 Å². The van der Waals surface area contributed by atoms with Gasteiger partial charge in [-0.05, 0) is 6.42 Å². The molecule has 140 valence electrons. The first-order valence-electron chi connectivity index (χ1n) is 8.79. The maximum atomic E-state index is 5.48. The van der Waals surface area contributed by atoms with Gasteiger partial charge in [0.15, 0.2) is 0 Å². The van der Waals surface area contributed by atoms with Crippen molar-refractivity contribution >= 4 is 0 Å². The highest BCUT2D eigenvalue weighted by molar-refractivity contribution is 4.40. The summed E-state index contributed by atoms with van der Waals surface area (Å²) in [6, 6.07) is 0. The first-order chi connectivity index (χ1) is 11.4. The Hall–Kier alpha value is -0.240. The molecule has 0 amide bonds. The van der Waals surface area contributed by atoms with E-state index in [0.29, 0.717) is 66.1 Å². The number of rotatable bonds is 20. The maximum Gasteiger partial charge on any atom is 0.0701 e. The fourth-order valence-electron chi connectivity index (χ4n) is 1.75. The first-order valence-corrected chi connectivity index (χ1v) is 8.79. The molecule has 23 heavy (non-hydrogen) atoms. The molecule has 0 aliphatic heterocycles. The van der Waals surface area contributed by atoms with Crippen LogP contribution in [0.2, 0.25) is 0 Å². The highest BCUT2D eigenvalue weighted by atomic mass is 16.6. The lowest BCUT2D eigenvalue weighted by molar-refractivity contribution is -0.0148. The summed E-state index contributed by atoms with van der Waals surface area (Å²) in [5, 5.41) is 0. The highest BCUT2D eigenvalue weighted by Gasteiger charge is 1.93. The lowest BCUT2D eigenvalue weighted by Gasteiger charge is -2.08. The minimum atomic E-state index is 0.578. The van der Waals surface area contributed by atoms with Gasteiger partial charge in [0.2, 0.25) is 0 Å². The predicted octanol–water partition coefficient (Wildman–Crippen LogP) is 2.30. The van der Waals surface area contributed by atoms with Gasteiger partial charge in [-0.2, -0.15) is 0 Å². The predicted molar refractivity (Wildman–Crippen MR) is 90.1 cm³/mol. The summed E-state index contributed by atoms with van der Waals surface area (Å²) in [6.07, 6.45) is 4.96. The summed E-state index contributed by atoms with van der Waals surface area (Å²) in [4.78, 5) is 0. The van der Waals surface area contributed by atoms with Crippen molar-refractivity contribution in [1.82, 2.24) is 0 Å². The maximum absolute atomic E-state index is 5.48. The van der Waals surface area contributed by atoms with Crippen molar-refractivity contribution < 1.29 is 28.4 Å². The normalized spacial score (nSPS) is 11.2. The van der Waals surface area contributed by atoms with E-state index in [1.54, 1.807) is 7.11 Å². The van der Waals surface area contributed by atoms with E-state index < -0.39 is 0 Å². The smallest absolute Gasteiger partial charge is 0.0701 e. The Morgan fingerprint density at radius 1 is 0.435 bits per heavy atom. The van der Waals surface area contributed by atoms with Crippen LogP contribution >= 0.6 is 0 Å². The van der Waals surface area contributed by atoms with Crippen LogP contribution in [-0.4, -0.2) is 79.8 Å². The average Bonchev–Trinajstić information content (AvgIpc) is 2.57. The van der Waals surface area contributed by atoms with E-state index in [2.05, 4.69) is 6.92 Å². The number of hydrogen-bond acceptors (Lipinski definition) is 6. The van der Waals surface area contributed by atoms with E-state index in [1.807, 2.05) is 0 Å². The standard InChI is InChI=1S/C17H36O6/c1-3-4-5-6-7-19-10-11-21-14-15-23-17-16-22-13-12-20-9-8-18-2/h3-17H2,1-2H3. The Kier molecular flexibility index (Phi) is 21.5. The zero-order chi connectivity index (χ0) is 16.8. The van der Waals surface area contributed by atoms with Crippen molar-refractivity contribution in [3.05, 3.63) is 0 Å². The van der Waals surface area contributed by atoms with Gasteiger partial charge in [-0.15, -0.1) is 0 Å². The fourth-order valence-corrected chi connectivity index (χ4v) is 1.75. The molecule has 0 saturated heterocycles. The van der Waals surface area contributed by atoms with Gasteiger partial charge in [-0.25, -0.2) is 0 Å². The van der Waals surface area contributed by atoms with Crippen LogP contribution in [0.15, 0.2) is 0 Å². The van der Waals surface area contributed by atoms with Crippen LogP contribution < -0.4 is 0 Å². The lowest BCUT2D eigenvalue weighted by Crippen LogP contribution is -2.13. The second kappa shape index (κ2) is 21.8. The molecule has 6 heteroatoms. The van der Waals surface area contributed by atoms with Gasteiger partial charge in [0.1, 0.15) is 0 Å². The summed E-state index contributed by atoms with van der Waals surface area (Å²) >= 11 is 0. The highest BCUT2D eigenvalue weighted by Crippen LogP contribution is 1.98. The third-order valence-electron chi connectivity index (χ3n) is 3.06. The van der Waals surface area contributed by atoms with E-state index in [9.17, 15) is 0 Å². The molecule has 0 atom stereocenters. The van der Waals surface area contributed by atoms with Crippen molar-refractivity contribution in [3.8, 4) is 0 Å². The van der Waals surface area contributed by atoms with Crippen molar-refractivity contribution in [3.63, 3.8) is 0 Å². The van der Waals surface area contributed by atoms with Gasteiger partial charge < -0.3 is 28.4 Å². The molecule has 0 bridgehead atoms. The van der Waals surface area contributed by atoms with Crippen molar-refractivity contribution in [2.24, 2.45) is 0 Å². The second-order valence-electron chi connectivity index (χ2n) is 5.12. The Labute approximate surface area is 141 Å². The number of hydrogen-bond donors (Lipinski definition) is 0. The van der Waals surface area contributed by atoms with E-state index in [1.165, 1.54) is 19.3 Å². The number of ether oxygens (including phenoxy) is 6. The van der Waals surface area contributed by atoms with Crippen molar-refractivity contribution in [2.75, 3.05) is 79.8 Å². The molecule has 0 aliphatic rings. The molecule has 0 saturated carbocycles. The van der Waals surface area contributed by atoms with Crippen LogP contribution in [0.25, 0.3) is 0 Å². The summed E-state index contributed by atoms with van der Waals surface area (Å²) in [5.41, 5.74) is 0. The molecule has 0 unspecified atom stereocenters. The molecule has 0 aromatic rings. The molecule has 0 heterocycles. The largest absolute Gasteiger partial charge is 0.382 e. The van der Waals surface area contributed by atoms with Crippen LogP contribution in [0, 0.1) is 0 Å². The number of unbranched alkanes of at least 4 members (excludes halogenated alkanes) is 3. The second-order valence-corrected chi connectivity index (χ2v) is 5.12. The summed E-state index contributed by atoms with van der Waals surface area (Å²) in [6.45, 7) is 9.08. The molecule has 0 aromatic heterocycles. The average molecular weight is 336 g/mol. The molecule has 0 spiro atoms. The lowest BCUT2D eigenvalue weighted by atomic mass is 10.2. The molecule has 0 fully saturated rings. The molecule has 0 N–H and O–H groups in total. The number of methoxy groups -OCH3 is 1. The minimum absolute atomic E-state index is 0.578. The monoisotopic (exact) mass is 336 g/mol. The fraction of sp³-hybridized carbons (Fsp3) is 1.00. The molecular weight excluding hydrogens is 300 g/mol. The summed E-state index contributed by atoms with van der Waals surface area (Å²) in [7, 11) is 1.66. The zero-order valence-electron chi connectivity index (χ0n) is 15.1. The van der Waals surface area contributed by atoms with Crippen molar-refractivity contribution in [1.29, 1.82) is 0 Å². The van der Waals surface area contributed by atoms with E-state index >= 15 is 0 Å². The van der Waals surface area contributed by atoms with Crippen LogP contribution in [0.5, 0.6) is 0 Å². The van der Waals surface area contributed by atoms with Gasteiger partial charge in [-0.1, -0.05) is 26.2 Å². The molecule has 6 nitrogen and oxygen atoms in total. The van der Waals surface area contributed by atoms with Crippen LogP contribution in [0.1, 0.15) is 32.6 Å². The molecule has 0 radical (unpaired) electrons. The van der Waals surface area contributed by atoms with Gasteiger partial charge >= 0.3 is 0 Å². The van der Waals surface area contributed by atoms with Gasteiger partial charge in [-0.3, -0.25) is 0 Å². The quantitative estimate of drug-likeness (QED) is 0.318. The Morgan fingerprint density at radius 3 is 1.22 bits per heavy atom. The first kappa shape index (κ1) is 22.8. The third-order valence-corrected chi connectivity index (χ3v) is 3.06. The third kappa shape index (κ3) is 21.8. The van der Waals surface area contributed by atoms with E-state index in [-0.39, 0.29) is 0 Å². The Balaban J connectivity index is 2.92. The molecule has 0 aliphatic carbocycles. The molecule has 0 rings (SSSR count). The van der Waals surface area contributed by atoms with Crippen LogP contribution in [0.4, 0.5) is 0 Å². The topological polar surface area (TPSA) is 55.4 Å². The van der Waals surface area contributed by atoms with Crippen LogP contribution in [-0.2, 0) is 28.4 Å². The van der Waals surface area contributed by atoms with Crippen molar-refractivity contribution in [2.45, 2.75) is 32.6 Å². The van der Waals surface area contributed by atoms with Gasteiger partial charge in [0, 0.05) is 13.7 Å². The summed E-state index contributed by atoms with van der Waals surface area (Å²) < 4.78 is 31.8. The minimum Gasteiger partial charge on any atom is -0.382 e. The van der Waals surface area contributed by atoms with Gasteiger partial charge in [0.05, 0.1) is 66.1 Å². The SMILES string of the molecule is CCCCCCOCCOCCOCCOCCOCCOC. The van der Waals surface area contributed by atoms with Gasteiger partial charge in [0.25, 0.3) is 0 Å². The van der Waals surface area contributed by atoms with E-state index in [0.717, 1.165) is 13.0 Å². The Bertz CT molecular complexity index is 184. The zero-order valence-corrected chi connectivity index (χ0v) is 15.1. The molecule has 0 aromatic carbocycles.